The third-order valence-electron chi connectivity index (χ3n) is 4.67. The van der Waals surface area contributed by atoms with Gasteiger partial charge in [0, 0.05) is 11.9 Å². The molecule has 0 bridgehead atoms. The van der Waals surface area contributed by atoms with Crippen molar-refractivity contribution in [2.75, 3.05) is 4.90 Å². The van der Waals surface area contributed by atoms with Crippen molar-refractivity contribution in [1.29, 1.82) is 0 Å². The summed E-state index contributed by atoms with van der Waals surface area (Å²) in [7, 11) is 0. The maximum atomic E-state index is 13.3. The Morgan fingerprint density at radius 2 is 1.69 bits per heavy atom. The lowest BCUT2D eigenvalue weighted by Crippen LogP contribution is -2.41. The minimum atomic E-state index is -0.289. The molecule has 2 heterocycles. The number of aromatic nitrogens is 3. The van der Waals surface area contributed by atoms with Gasteiger partial charge in [-0.3, -0.25) is 9.69 Å². The number of hydrogen-bond donors (Lipinski definition) is 0. The van der Waals surface area contributed by atoms with Crippen molar-refractivity contribution >= 4 is 23.5 Å². The van der Waals surface area contributed by atoms with Gasteiger partial charge in [-0.2, -0.15) is 10.1 Å². The Labute approximate surface area is 155 Å². The molecule has 4 rings (SSSR count). The highest BCUT2D eigenvalue weighted by Gasteiger charge is 2.38. The Morgan fingerprint density at radius 1 is 1.08 bits per heavy atom. The normalized spacial score (nSPS) is 19.3. The molecular weight excluding hydrogens is 355 g/mol. The van der Waals surface area contributed by atoms with E-state index < -0.39 is 0 Å². The van der Waals surface area contributed by atoms with Crippen LogP contribution >= 0.6 is 11.6 Å². The molecule has 0 saturated heterocycles. The SMILES string of the molecule is CC(=O)N1c2ncnn2[C@@H](c2ccc(F)cc2)C[C@H]1c1ccc(Cl)cc1. The van der Waals surface area contributed by atoms with Crippen molar-refractivity contribution in [2.24, 2.45) is 0 Å². The summed E-state index contributed by atoms with van der Waals surface area (Å²) in [5.74, 6) is 0.0813. The Morgan fingerprint density at radius 3 is 2.35 bits per heavy atom. The molecule has 1 aliphatic rings. The van der Waals surface area contributed by atoms with E-state index in [2.05, 4.69) is 10.1 Å². The summed E-state index contributed by atoms with van der Waals surface area (Å²) in [4.78, 5) is 18.3. The third-order valence-corrected chi connectivity index (χ3v) is 4.92. The molecule has 1 aliphatic heterocycles. The van der Waals surface area contributed by atoms with Gasteiger partial charge in [-0.25, -0.2) is 9.07 Å². The zero-order valence-corrected chi connectivity index (χ0v) is 14.8. The molecule has 1 amide bonds. The third kappa shape index (κ3) is 2.86. The number of fused-ring (bicyclic) bond motifs is 1. The van der Waals surface area contributed by atoms with Crippen molar-refractivity contribution in [3.8, 4) is 0 Å². The standard InChI is InChI=1S/C19H16ClFN4O/c1-12(26)24-17(13-2-6-15(20)7-3-13)10-18(25-19(24)22-11-23-25)14-4-8-16(21)9-5-14/h2-9,11,17-18H,10H2,1H3/t17-,18+/m0/s1. The predicted octanol–water partition coefficient (Wildman–Crippen LogP) is 4.16. The number of anilines is 1. The molecule has 132 valence electrons. The number of carbonyl (C=O) groups excluding carboxylic acids is 1. The van der Waals surface area contributed by atoms with Crippen LogP contribution < -0.4 is 4.90 Å². The van der Waals surface area contributed by atoms with Gasteiger partial charge in [0.15, 0.2) is 0 Å². The first-order valence-electron chi connectivity index (χ1n) is 8.25. The lowest BCUT2D eigenvalue weighted by molar-refractivity contribution is -0.117. The molecule has 5 nitrogen and oxygen atoms in total. The molecule has 0 saturated carbocycles. The molecule has 26 heavy (non-hydrogen) atoms. The van der Waals surface area contributed by atoms with Crippen LogP contribution in [-0.4, -0.2) is 20.7 Å². The van der Waals surface area contributed by atoms with Crippen LogP contribution in [0.15, 0.2) is 54.9 Å². The summed E-state index contributed by atoms with van der Waals surface area (Å²) in [6.07, 6.45) is 2.04. The summed E-state index contributed by atoms with van der Waals surface area (Å²) in [5.41, 5.74) is 1.88. The minimum Gasteiger partial charge on any atom is -0.275 e. The number of benzene rings is 2. The second kappa shape index (κ2) is 6.53. The monoisotopic (exact) mass is 370 g/mol. The second-order valence-corrected chi connectivity index (χ2v) is 6.70. The number of rotatable bonds is 2. The van der Waals surface area contributed by atoms with Crippen molar-refractivity contribution < 1.29 is 9.18 Å². The fourth-order valence-electron chi connectivity index (χ4n) is 3.49. The van der Waals surface area contributed by atoms with Crippen LogP contribution in [0.1, 0.15) is 36.6 Å². The lowest BCUT2D eigenvalue weighted by atomic mass is 9.92. The van der Waals surface area contributed by atoms with Crippen LogP contribution in [0.5, 0.6) is 0 Å². The van der Waals surface area contributed by atoms with Crippen LogP contribution in [0, 0.1) is 5.82 Å². The smallest absolute Gasteiger partial charge is 0.231 e. The highest BCUT2D eigenvalue weighted by Crippen LogP contribution is 2.41. The van der Waals surface area contributed by atoms with E-state index in [0.29, 0.717) is 17.4 Å². The quantitative estimate of drug-likeness (QED) is 0.680. The first kappa shape index (κ1) is 16.7. The average molecular weight is 371 g/mol. The van der Waals surface area contributed by atoms with Crippen LogP contribution in [0.4, 0.5) is 10.3 Å². The van der Waals surface area contributed by atoms with Crippen LogP contribution in [0.2, 0.25) is 5.02 Å². The molecule has 0 spiro atoms. The van der Waals surface area contributed by atoms with E-state index in [4.69, 9.17) is 11.6 Å². The maximum Gasteiger partial charge on any atom is 0.231 e. The molecule has 3 aromatic rings. The molecule has 0 aliphatic carbocycles. The first-order chi connectivity index (χ1) is 12.5. The predicted molar refractivity (Wildman–Crippen MR) is 96.5 cm³/mol. The van der Waals surface area contributed by atoms with Gasteiger partial charge >= 0.3 is 0 Å². The molecule has 0 fully saturated rings. The zero-order chi connectivity index (χ0) is 18.3. The lowest BCUT2D eigenvalue weighted by Gasteiger charge is -2.38. The summed E-state index contributed by atoms with van der Waals surface area (Å²) in [6.45, 7) is 1.51. The second-order valence-electron chi connectivity index (χ2n) is 6.26. The molecule has 1 aromatic heterocycles. The molecule has 7 heteroatoms. The van der Waals surface area contributed by atoms with E-state index in [1.54, 1.807) is 33.8 Å². The Hall–Kier alpha value is -2.73. The number of nitrogens with zero attached hydrogens (tertiary/aromatic N) is 4. The van der Waals surface area contributed by atoms with Crippen LogP contribution in [0.25, 0.3) is 0 Å². The number of halogens is 2. The van der Waals surface area contributed by atoms with Crippen molar-refractivity contribution in [1.82, 2.24) is 14.8 Å². The number of amides is 1. The molecular formula is C19H16ClFN4O. The Bertz CT molecular complexity index is 939. The van der Waals surface area contributed by atoms with Crippen molar-refractivity contribution in [3.05, 3.63) is 76.8 Å². The van der Waals surface area contributed by atoms with Gasteiger partial charge in [-0.05, 0) is 41.8 Å². The van der Waals surface area contributed by atoms with E-state index in [-0.39, 0.29) is 23.8 Å². The van der Waals surface area contributed by atoms with Gasteiger partial charge < -0.3 is 0 Å². The van der Waals surface area contributed by atoms with E-state index in [1.807, 2.05) is 12.1 Å². The number of hydrogen-bond acceptors (Lipinski definition) is 3. The van der Waals surface area contributed by atoms with Gasteiger partial charge in [-0.1, -0.05) is 35.9 Å². The number of carbonyl (C=O) groups is 1. The zero-order valence-electron chi connectivity index (χ0n) is 14.0. The maximum absolute atomic E-state index is 13.3. The van der Waals surface area contributed by atoms with Crippen molar-refractivity contribution in [2.45, 2.75) is 25.4 Å². The summed E-state index contributed by atoms with van der Waals surface area (Å²) in [5, 5.41) is 4.94. The fourth-order valence-corrected chi connectivity index (χ4v) is 3.61. The van der Waals surface area contributed by atoms with Gasteiger partial charge in [0.25, 0.3) is 0 Å². The van der Waals surface area contributed by atoms with Crippen LogP contribution in [-0.2, 0) is 4.79 Å². The molecule has 0 N–H and O–H groups in total. The Kier molecular flexibility index (Phi) is 4.20. The van der Waals surface area contributed by atoms with Crippen LogP contribution in [0.3, 0.4) is 0 Å². The van der Waals surface area contributed by atoms with E-state index in [1.165, 1.54) is 25.4 Å². The summed E-state index contributed by atoms with van der Waals surface area (Å²) in [6, 6.07) is 13.4. The Balaban J connectivity index is 1.82. The molecule has 0 radical (unpaired) electrons. The van der Waals surface area contributed by atoms with Gasteiger partial charge in [0.05, 0.1) is 12.1 Å². The van der Waals surface area contributed by atoms with E-state index in [9.17, 15) is 9.18 Å². The minimum absolute atomic E-state index is 0.114. The topological polar surface area (TPSA) is 51.0 Å². The summed E-state index contributed by atoms with van der Waals surface area (Å²) < 4.78 is 15.1. The van der Waals surface area contributed by atoms with E-state index >= 15 is 0 Å². The van der Waals surface area contributed by atoms with Crippen molar-refractivity contribution in [3.63, 3.8) is 0 Å². The highest BCUT2D eigenvalue weighted by molar-refractivity contribution is 6.30. The molecule has 2 atom stereocenters. The van der Waals surface area contributed by atoms with Gasteiger partial charge in [-0.15, -0.1) is 0 Å². The van der Waals surface area contributed by atoms with E-state index in [0.717, 1.165) is 11.1 Å². The van der Waals surface area contributed by atoms with Gasteiger partial charge in [0.1, 0.15) is 12.1 Å². The summed E-state index contributed by atoms with van der Waals surface area (Å²) >= 11 is 6.01. The average Bonchev–Trinajstić information content (AvgIpc) is 3.11. The largest absolute Gasteiger partial charge is 0.275 e. The first-order valence-corrected chi connectivity index (χ1v) is 8.62. The van der Waals surface area contributed by atoms with Gasteiger partial charge in [0.2, 0.25) is 11.9 Å². The highest BCUT2D eigenvalue weighted by atomic mass is 35.5. The molecule has 0 unspecified atom stereocenters. The molecule has 2 aromatic carbocycles. The fraction of sp³-hybridized carbons (Fsp3) is 0.211.